The fraction of sp³-hybridized carbons (Fsp3) is 0.684. The summed E-state index contributed by atoms with van der Waals surface area (Å²) in [5.41, 5.74) is 1.14. The van der Waals surface area contributed by atoms with E-state index in [-0.39, 0.29) is 20.8 Å². The predicted octanol–water partition coefficient (Wildman–Crippen LogP) is 4.03. The lowest BCUT2D eigenvalue weighted by atomic mass is 9.99. The summed E-state index contributed by atoms with van der Waals surface area (Å²) in [4.78, 5) is 0. The maximum absolute atomic E-state index is 13.3. The van der Waals surface area contributed by atoms with Gasteiger partial charge in [0.2, 0.25) is 0 Å². The Morgan fingerprint density at radius 2 is 1.96 bits per heavy atom. The van der Waals surface area contributed by atoms with E-state index in [1.165, 1.54) is 0 Å². The fourth-order valence-electron chi connectivity index (χ4n) is 3.15. The van der Waals surface area contributed by atoms with Crippen molar-refractivity contribution in [2.24, 2.45) is 0 Å². The van der Waals surface area contributed by atoms with Crippen LogP contribution in [0, 0.1) is 0 Å². The molecule has 1 aliphatic heterocycles. The second-order valence-corrected chi connectivity index (χ2v) is 11.3. The second-order valence-electron chi connectivity index (χ2n) is 7.56. The number of benzene rings is 1. The Morgan fingerprint density at radius 3 is 2.48 bits per heavy atom. The molecule has 0 bridgehead atoms. The highest BCUT2D eigenvalue weighted by Crippen LogP contribution is 2.31. The molecule has 25 heavy (non-hydrogen) atoms. The van der Waals surface area contributed by atoms with Gasteiger partial charge in [0.25, 0.3) is 0 Å². The van der Waals surface area contributed by atoms with Crippen molar-refractivity contribution in [1.29, 1.82) is 0 Å². The maximum Gasteiger partial charge on any atom is 0.166 e. The van der Waals surface area contributed by atoms with E-state index in [9.17, 15) is 9.32 Å². The van der Waals surface area contributed by atoms with Gasteiger partial charge in [0, 0.05) is 12.6 Å². The molecule has 3 unspecified atom stereocenters. The van der Waals surface area contributed by atoms with E-state index in [1.54, 1.807) is 0 Å². The van der Waals surface area contributed by atoms with E-state index in [1.807, 2.05) is 39.0 Å². The lowest BCUT2D eigenvalue weighted by molar-refractivity contribution is -0.170. The SMILES string of the molecule is CC[C@@H]([C@@H]1CCC(I)C(O)O1)N(Cc1ccccc1)S(=O)C(C)(C)C. The zero-order valence-corrected chi connectivity index (χ0v) is 18.5. The summed E-state index contributed by atoms with van der Waals surface area (Å²) in [6.45, 7) is 8.74. The van der Waals surface area contributed by atoms with Gasteiger partial charge in [-0.15, -0.1) is 0 Å². The molecule has 5 atom stereocenters. The van der Waals surface area contributed by atoms with Crippen LogP contribution in [0.15, 0.2) is 30.3 Å². The summed E-state index contributed by atoms with van der Waals surface area (Å²) >= 11 is 2.24. The molecule has 1 N–H and O–H groups in total. The normalized spacial score (nSPS) is 27.2. The third-order valence-corrected chi connectivity index (χ3v) is 7.60. The van der Waals surface area contributed by atoms with E-state index >= 15 is 0 Å². The van der Waals surface area contributed by atoms with Crippen LogP contribution in [0.1, 0.15) is 52.5 Å². The molecular formula is C19H30INO3S. The number of rotatable bonds is 6. The van der Waals surface area contributed by atoms with Crippen LogP contribution in [0.3, 0.4) is 0 Å². The van der Waals surface area contributed by atoms with Gasteiger partial charge >= 0.3 is 0 Å². The quantitative estimate of drug-likeness (QED) is 0.495. The number of aliphatic hydroxyl groups excluding tert-OH is 1. The number of hydrogen-bond acceptors (Lipinski definition) is 3. The third kappa shape index (κ3) is 5.73. The van der Waals surface area contributed by atoms with Crippen molar-refractivity contribution >= 4 is 33.6 Å². The van der Waals surface area contributed by atoms with E-state index in [4.69, 9.17) is 4.74 Å². The molecule has 2 rings (SSSR count). The molecule has 0 aliphatic carbocycles. The lowest BCUT2D eigenvalue weighted by Crippen LogP contribution is -2.52. The van der Waals surface area contributed by atoms with Gasteiger partial charge in [-0.25, -0.2) is 8.51 Å². The number of nitrogens with zero attached hydrogens (tertiary/aromatic N) is 1. The highest BCUT2D eigenvalue weighted by molar-refractivity contribution is 14.1. The van der Waals surface area contributed by atoms with Crippen LogP contribution < -0.4 is 0 Å². The molecule has 0 saturated carbocycles. The Kier molecular flexibility index (Phi) is 7.88. The Labute approximate surface area is 168 Å². The van der Waals surface area contributed by atoms with Crippen molar-refractivity contribution in [2.45, 2.75) is 80.6 Å². The highest BCUT2D eigenvalue weighted by Gasteiger charge is 2.39. The molecule has 1 aromatic rings. The molecule has 142 valence electrons. The Hall–Kier alpha value is -0.0200. The van der Waals surface area contributed by atoms with Gasteiger partial charge in [0.15, 0.2) is 6.29 Å². The number of halogens is 1. The van der Waals surface area contributed by atoms with Crippen LogP contribution in [0.25, 0.3) is 0 Å². The lowest BCUT2D eigenvalue weighted by Gasteiger charge is -2.41. The van der Waals surface area contributed by atoms with Crippen LogP contribution in [0.4, 0.5) is 0 Å². The topological polar surface area (TPSA) is 49.8 Å². The van der Waals surface area contributed by atoms with E-state index < -0.39 is 17.3 Å². The third-order valence-electron chi connectivity index (χ3n) is 4.49. The largest absolute Gasteiger partial charge is 0.367 e. The van der Waals surface area contributed by atoms with E-state index in [0.29, 0.717) is 6.54 Å². The van der Waals surface area contributed by atoms with Gasteiger partial charge in [-0.2, -0.15) is 0 Å². The van der Waals surface area contributed by atoms with Crippen molar-refractivity contribution in [3.8, 4) is 0 Å². The monoisotopic (exact) mass is 479 g/mol. The van der Waals surface area contributed by atoms with Crippen LogP contribution in [-0.2, 0) is 22.3 Å². The summed E-state index contributed by atoms with van der Waals surface area (Å²) in [6, 6.07) is 10.2. The molecule has 0 spiro atoms. The van der Waals surface area contributed by atoms with Gasteiger partial charge in [0.05, 0.1) is 14.8 Å². The first-order chi connectivity index (χ1) is 11.7. The van der Waals surface area contributed by atoms with Gasteiger partial charge in [0.1, 0.15) is 11.0 Å². The highest BCUT2D eigenvalue weighted by atomic mass is 127. The minimum absolute atomic E-state index is 0.0128. The molecule has 6 heteroatoms. The van der Waals surface area contributed by atoms with Crippen molar-refractivity contribution in [2.75, 3.05) is 0 Å². The second kappa shape index (κ2) is 9.26. The van der Waals surface area contributed by atoms with Gasteiger partial charge < -0.3 is 9.84 Å². The summed E-state index contributed by atoms with van der Waals surface area (Å²) in [6.07, 6.45) is 1.80. The molecule has 1 fully saturated rings. The fourth-order valence-corrected chi connectivity index (χ4v) is 5.18. The molecule has 4 nitrogen and oxygen atoms in total. The van der Waals surface area contributed by atoms with Crippen molar-refractivity contribution in [3.05, 3.63) is 35.9 Å². The predicted molar refractivity (Wildman–Crippen MR) is 112 cm³/mol. The first-order valence-corrected chi connectivity index (χ1v) is 11.3. The summed E-state index contributed by atoms with van der Waals surface area (Å²) in [7, 11) is -1.16. The number of aliphatic hydroxyl groups is 1. The molecule has 0 aromatic heterocycles. The van der Waals surface area contributed by atoms with Gasteiger partial charge in [-0.05, 0) is 45.6 Å². The van der Waals surface area contributed by atoms with E-state index in [0.717, 1.165) is 24.8 Å². The average molecular weight is 479 g/mol. The van der Waals surface area contributed by atoms with Crippen LogP contribution in [-0.4, -0.2) is 40.7 Å². The molecule has 0 amide bonds. The molecular weight excluding hydrogens is 449 g/mol. The van der Waals surface area contributed by atoms with Gasteiger partial charge in [-0.3, -0.25) is 0 Å². The molecule has 1 saturated heterocycles. The Bertz CT molecular complexity index is 564. The summed E-state index contributed by atoms with van der Waals surface area (Å²) in [5, 5.41) is 10.1. The maximum atomic E-state index is 13.3. The summed E-state index contributed by atoms with van der Waals surface area (Å²) in [5.74, 6) is 0. The first-order valence-electron chi connectivity index (χ1n) is 8.94. The standard InChI is InChI=1S/C19H30INO3S/c1-5-16(17-12-11-15(20)18(22)24-17)21(25(23)19(2,3)4)13-14-9-7-6-8-10-14/h6-10,15-18,22H,5,11-13H2,1-4H3/t15?,16-,17-,18?,25?/m0/s1. The molecule has 0 radical (unpaired) electrons. The molecule has 1 aliphatic rings. The zero-order valence-electron chi connectivity index (χ0n) is 15.5. The molecule has 1 aromatic carbocycles. The first kappa shape index (κ1) is 21.3. The Balaban J connectivity index is 2.26. The number of hydrogen-bond donors (Lipinski definition) is 1. The minimum atomic E-state index is -1.16. The van der Waals surface area contributed by atoms with Crippen LogP contribution in [0.5, 0.6) is 0 Å². The van der Waals surface area contributed by atoms with Crippen LogP contribution >= 0.6 is 22.6 Å². The van der Waals surface area contributed by atoms with Crippen molar-refractivity contribution in [1.82, 2.24) is 4.31 Å². The van der Waals surface area contributed by atoms with Crippen molar-refractivity contribution < 1.29 is 14.1 Å². The van der Waals surface area contributed by atoms with E-state index in [2.05, 4.69) is 46.0 Å². The zero-order chi connectivity index (χ0) is 18.6. The van der Waals surface area contributed by atoms with Crippen molar-refractivity contribution in [3.63, 3.8) is 0 Å². The minimum Gasteiger partial charge on any atom is -0.367 e. The van der Waals surface area contributed by atoms with Crippen LogP contribution in [0.2, 0.25) is 0 Å². The average Bonchev–Trinajstić information content (AvgIpc) is 2.57. The number of ether oxygens (including phenoxy) is 1. The Morgan fingerprint density at radius 1 is 1.32 bits per heavy atom. The van der Waals surface area contributed by atoms with Gasteiger partial charge in [-0.1, -0.05) is 59.8 Å². The molecule has 1 heterocycles. The number of alkyl halides is 1. The summed E-state index contributed by atoms with van der Waals surface area (Å²) < 4.78 is 21.0. The smallest absolute Gasteiger partial charge is 0.166 e.